The molecule has 0 aliphatic heterocycles. The molecule has 0 amide bonds. The van der Waals surface area contributed by atoms with Crippen molar-refractivity contribution in [2.45, 2.75) is 0 Å². The molecule has 0 atom stereocenters. The number of aromatic nitrogens is 3. The first-order chi connectivity index (χ1) is 24.7. The molecule has 1 aromatic heterocycles. The lowest BCUT2D eigenvalue weighted by molar-refractivity contribution is 1.07. The van der Waals surface area contributed by atoms with E-state index in [0.717, 1.165) is 60.8 Å². The minimum atomic E-state index is 0.470. The fraction of sp³-hybridized carbons (Fsp3) is 0. The molecule has 0 aliphatic carbocycles. The molecule has 5 nitrogen and oxygen atoms in total. The second kappa shape index (κ2) is 13.1. The van der Waals surface area contributed by atoms with Gasteiger partial charge in [-0.3, -0.25) is 0 Å². The fourth-order valence-electron chi connectivity index (χ4n) is 6.33. The van der Waals surface area contributed by atoms with Gasteiger partial charge < -0.3 is 0 Å². The van der Waals surface area contributed by atoms with E-state index in [9.17, 15) is 10.5 Å². The van der Waals surface area contributed by atoms with Gasteiger partial charge in [-0.2, -0.15) is 10.5 Å². The summed E-state index contributed by atoms with van der Waals surface area (Å²) in [7, 11) is 0. The van der Waals surface area contributed by atoms with E-state index in [4.69, 9.17) is 15.0 Å². The van der Waals surface area contributed by atoms with Gasteiger partial charge in [0, 0.05) is 16.7 Å². The molecule has 0 aliphatic rings. The smallest absolute Gasteiger partial charge is 0.164 e. The van der Waals surface area contributed by atoms with Crippen LogP contribution in [0.5, 0.6) is 0 Å². The van der Waals surface area contributed by atoms with Crippen LogP contribution in [0.3, 0.4) is 0 Å². The van der Waals surface area contributed by atoms with Gasteiger partial charge in [0.05, 0.1) is 23.3 Å². The molecular formula is C45H27N5. The highest BCUT2D eigenvalue weighted by molar-refractivity contribution is 6.05. The van der Waals surface area contributed by atoms with Crippen molar-refractivity contribution in [2.75, 3.05) is 0 Å². The van der Waals surface area contributed by atoms with Crippen molar-refractivity contribution in [1.29, 1.82) is 10.5 Å². The van der Waals surface area contributed by atoms with E-state index in [1.165, 1.54) is 0 Å². The molecule has 8 rings (SSSR count). The van der Waals surface area contributed by atoms with Gasteiger partial charge in [0.1, 0.15) is 0 Å². The van der Waals surface area contributed by atoms with Crippen LogP contribution in [-0.2, 0) is 0 Å². The van der Waals surface area contributed by atoms with Crippen LogP contribution >= 0.6 is 0 Å². The van der Waals surface area contributed by atoms with E-state index < -0.39 is 0 Å². The van der Waals surface area contributed by atoms with Gasteiger partial charge in [0.15, 0.2) is 17.5 Å². The molecule has 8 aromatic rings. The maximum absolute atomic E-state index is 9.44. The Labute approximate surface area is 290 Å². The van der Waals surface area contributed by atoms with Crippen molar-refractivity contribution in [3.8, 4) is 79.7 Å². The molecule has 0 bridgehead atoms. The molecule has 5 heteroatoms. The second-order valence-corrected chi connectivity index (χ2v) is 11.9. The highest BCUT2D eigenvalue weighted by atomic mass is 15.0. The normalized spacial score (nSPS) is 10.8. The topological polar surface area (TPSA) is 86.2 Å². The van der Waals surface area contributed by atoms with Gasteiger partial charge in [-0.25, -0.2) is 15.0 Å². The van der Waals surface area contributed by atoms with E-state index >= 15 is 0 Å². The third-order valence-corrected chi connectivity index (χ3v) is 8.78. The minimum absolute atomic E-state index is 0.470. The molecule has 50 heavy (non-hydrogen) atoms. The summed E-state index contributed by atoms with van der Waals surface area (Å²) in [6.07, 6.45) is 0. The van der Waals surface area contributed by atoms with Crippen molar-refractivity contribution in [3.05, 3.63) is 175 Å². The molecular weight excluding hydrogens is 611 g/mol. The van der Waals surface area contributed by atoms with Crippen LogP contribution in [0.1, 0.15) is 11.1 Å². The predicted molar refractivity (Wildman–Crippen MR) is 199 cm³/mol. The minimum Gasteiger partial charge on any atom is -0.208 e. The lowest BCUT2D eigenvalue weighted by Crippen LogP contribution is -2.00. The number of nitrogens with zero attached hydrogens (tertiary/aromatic N) is 5. The number of hydrogen-bond acceptors (Lipinski definition) is 5. The molecule has 0 saturated heterocycles. The van der Waals surface area contributed by atoms with Crippen LogP contribution in [-0.4, -0.2) is 15.0 Å². The van der Waals surface area contributed by atoms with Crippen LogP contribution in [0.25, 0.3) is 78.3 Å². The molecule has 0 radical (unpaired) electrons. The first-order valence-corrected chi connectivity index (χ1v) is 16.2. The zero-order valence-corrected chi connectivity index (χ0v) is 26.8. The molecule has 1 heterocycles. The number of nitriles is 2. The first-order valence-electron chi connectivity index (χ1n) is 16.2. The largest absolute Gasteiger partial charge is 0.208 e. The quantitative estimate of drug-likeness (QED) is 0.181. The van der Waals surface area contributed by atoms with Crippen LogP contribution in [0, 0.1) is 22.7 Å². The highest BCUT2D eigenvalue weighted by Gasteiger charge is 2.15. The van der Waals surface area contributed by atoms with Gasteiger partial charge in [0.25, 0.3) is 0 Å². The standard InChI is InChI=1S/C45H27N5/c46-28-30-24-31(29-47)26-38(25-30)32-18-20-33(21-19-32)39-22-23-40(42-17-8-7-16-41(39)42)36-14-9-15-37(27-36)45-49-43(34-10-3-1-4-11-34)48-44(50-45)35-12-5-2-6-13-35/h1-27H. The Bertz CT molecular complexity index is 2510. The zero-order chi connectivity index (χ0) is 33.9. The SMILES string of the molecule is N#Cc1cc(C#N)cc(-c2ccc(-c3ccc(-c4cccc(-c5nc(-c6ccccc6)nc(-c6ccccc6)n5)c4)c4ccccc34)cc2)c1. The monoisotopic (exact) mass is 637 g/mol. The Hall–Kier alpha value is -7.21. The van der Waals surface area contributed by atoms with Gasteiger partial charge >= 0.3 is 0 Å². The van der Waals surface area contributed by atoms with Crippen molar-refractivity contribution in [1.82, 2.24) is 15.0 Å². The summed E-state index contributed by atoms with van der Waals surface area (Å²) in [6, 6.07) is 59.0. The van der Waals surface area contributed by atoms with Gasteiger partial charge in [-0.1, -0.05) is 140 Å². The van der Waals surface area contributed by atoms with Crippen molar-refractivity contribution < 1.29 is 0 Å². The Balaban J connectivity index is 1.19. The molecule has 0 unspecified atom stereocenters. The molecule has 0 fully saturated rings. The van der Waals surface area contributed by atoms with Crippen molar-refractivity contribution >= 4 is 10.8 Å². The summed E-state index contributed by atoms with van der Waals surface area (Å²) < 4.78 is 0. The van der Waals surface area contributed by atoms with Gasteiger partial charge in [-0.05, 0) is 68.4 Å². The number of fused-ring (bicyclic) bond motifs is 1. The van der Waals surface area contributed by atoms with E-state index in [-0.39, 0.29) is 0 Å². The second-order valence-electron chi connectivity index (χ2n) is 11.9. The zero-order valence-electron chi connectivity index (χ0n) is 26.8. The van der Waals surface area contributed by atoms with E-state index in [1.54, 1.807) is 6.07 Å². The van der Waals surface area contributed by atoms with Crippen LogP contribution in [0.15, 0.2) is 164 Å². The summed E-state index contributed by atoms with van der Waals surface area (Å²) in [5.74, 6) is 1.87. The van der Waals surface area contributed by atoms with E-state index in [1.807, 2.05) is 91.0 Å². The molecule has 7 aromatic carbocycles. The number of hydrogen-bond donors (Lipinski definition) is 0. The molecule has 0 spiro atoms. The predicted octanol–water partition coefficient (Wildman–Crippen LogP) is 10.8. The number of rotatable bonds is 6. The lowest BCUT2D eigenvalue weighted by atomic mass is 9.91. The Morgan fingerprint density at radius 1 is 0.320 bits per heavy atom. The third-order valence-electron chi connectivity index (χ3n) is 8.78. The van der Waals surface area contributed by atoms with E-state index in [2.05, 4.69) is 78.9 Å². The summed E-state index contributed by atoms with van der Waals surface area (Å²) >= 11 is 0. The van der Waals surface area contributed by atoms with Crippen molar-refractivity contribution in [3.63, 3.8) is 0 Å². The summed E-state index contributed by atoms with van der Waals surface area (Å²) in [5.41, 5.74) is 9.88. The molecule has 0 saturated carbocycles. The Kier molecular flexibility index (Phi) is 7.91. The lowest BCUT2D eigenvalue weighted by Gasteiger charge is -2.14. The Morgan fingerprint density at radius 2 is 0.760 bits per heavy atom. The van der Waals surface area contributed by atoms with Gasteiger partial charge in [-0.15, -0.1) is 0 Å². The maximum Gasteiger partial charge on any atom is 0.164 e. The van der Waals surface area contributed by atoms with Crippen LogP contribution in [0.4, 0.5) is 0 Å². The summed E-state index contributed by atoms with van der Waals surface area (Å²) in [5, 5.41) is 21.2. The fourth-order valence-corrected chi connectivity index (χ4v) is 6.33. The van der Waals surface area contributed by atoms with Crippen molar-refractivity contribution in [2.24, 2.45) is 0 Å². The van der Waals surface area contributed by atoms with Gasteiger partial charge in [0.2, 0.25) is 0 Å². The average Bonchev–Trinajstić information content (AvgIpc) is 3.20. The number of benzene rings is 7. The average molecular weight is 638 g/mol. The highest BCUT2D eigenvalue weighted by Crippen LogP contribution is 2.37. The third kappa shape index (κ3) is 5.88. The molecule has 232 valence electrons. The van der Waals surface area contributed by atoms with Crippen LogP contribution in [0.2, 0.25) is 0 Å². The first kappa shape index (κ1) is 30.1. The summed E-state index contributed by atoms with van der Waals surface area (Å²) in [4.78, 5) is 14.7. The summed E-state index contributed by atoms with van der Waals surface area (Å²) in [6.45, 7) is 0. The molecule has 0 N–H and O–H groups in total. The van der Waals surface area contributed by atoms with E-state index in [0.29, 0.717) is 28.6 Å². The Morgan fingerprint density at radius 3 is 1.30 bits per heavy atom. The maximum atomic E-state index is 9.44. The van der Waals surface area contributed by atoms with Crippen LogP contribution < -0.4 is 0 Å².